The molecule has 17 heteroatoms. The molecule has 2 heterocycles. The molecule has 0 aliphatic heterocycles. The topological polar surface area (TPSA) is 264 Å². The van der Waals surface area contributed by atoms with Crippen LogP contribution < -0.4 is 21.5 Å². The van der Waals surface area contributed by atoms with E-state index < -0.39 is 21.4 Å². The first kappa shape index (κ1) is 34.6. The van der Waals surface area contributed by atoms with Crippen molar-refractivity contribution in [3.63, 3.8) is 0 Å². The molecule has 210 valence electrons. The third-order valence-corrected chi connectivity index (χ3v) is 5.03. The molecule has 41 heavy (non-hydrogen) atoms. The molecule has 2 aromatic carbocycles. The molecule has 0 atom stereocenters. The summed E-state index contributed by atoms with van der Waals surface area (Å²) in [4.78, 5) is 48.3. The first-order valence-electron chi connectivity index (χ1n) is 10.9. The minimum absolute atomic E-state index is 0. The molecule has 0 fully saturated rings. The Morgan fingerprint density at radius 3 is 1.34 bits per heavy atom. The molecule has 0 spiro atoms. The van der Waals surface area contributed by atoms with Gasteiger partial charge in [0.15, 0.2) is 0 Å². The normalized spacial score (nSPS) is 10.5. The summed E-state index contributed by atoms with van der Waals surface area (Å²) in [5.41, 5.74) is 1.14. The second-order valence-corrected chi connectivity index (χ2v) is 7.72. The van der Waals surface area contributed by atoms with Crippen LogP contribution in [0, 0.1) is 84.4 Å². The van der Waals surface area contributed by atoms with E-state index in [9.17, 15) is 19.8 Å². The van der Waals surface area contributed by atoms with Crippen molar-refractivity contribution in [2.24, 2.45) is 9.98 Å². The third kappa shape index (κ3) is 10.2. The van der Waals surface area contributed by atoms with E-state index in [0.29, 0.717) is 21.9 Å². The molecule has 0 aliphatic rings. The van der Waals surface area contributed by atoms with Crippen LogP contribution in [0.15, 0.2) is 64.8 Å². The van der Waals surface area contributed by atoms with Gasteiger partial charge in [0.2, 0.25) is 0 Å². The molecule has 16 nitrogen and oxygen atoms in total. The Kier molecular flexibility index (Phi) is 13.4. The van der Waals surface area contributed by atoms with Gasteiger partial charge in [-0.25, -0.2) is 9.59 Å². The van der Waals surface area contributed by atoms with E-state index in [1.54, 1.807) is 26.0 Å². The van der Waals surface area contributed by atoms with Crippen LogP contribution in [0.1, 0.15) is 22.3 Å². The standard InChI is InChI=1S/C24H20N2O6.2NO3.Th/c1-13-9-21(29)31-23-15(13)3-5-19(27)17(23)11-25-7-8-26-12-18-20(28)6-4-16-14(2)10-22(30)32-24(16)18;2*2-1(3)4;/h3-6,9-12,27-28H,7-8H2,1-2H3;;;/q;2*-1;+4/p-2. The second-order valence-electron chi connectivity index (χ2n) is 7.72. The number of benzene rings is 2. The molecular weight excluding hydrogens is 768 g/mol. The molecule has 0 saturated heterocycles. The summed E-state index contributed by atoms with van der Waals surface area (Å²) in [7, 11) is 0. The van der Waals surface area contributed by atoms with E-state index in [1.807, 2.05) is 0 Å². The van der Waals surface area contributed by atoms with Crippen molar-refractivity contribution in [3.05, 3.63) is 110 Å². The van der Waals surface area contributed by atoms with Gasteiger partial charge in [-0.2, -0.15) is 0 Å². The summed E-state index contributed by atoms with van der Waals surface area (Å²) in [6.45, 7) is 3.98. The largest absolute Gasteiger partial charge is 4.00 e. The van der Waals surface area contributed by atoms with Crippen molar-refractivity contribution >= 4 is 34.4 Å². The zero-order valence-electron chi connectivity index (χ0n) is 21.2. The van der Waals surface area contributed by atoms with Gasteiger partial charge in [0.1, 0.15) is 11.2 Å². The van der Waals surface area contributed by atoms with E-state index in [4.69, 9.17) is 39.5 Å². The van der Waals surface area contributed by atoms with Crippen molar-refractivity contribution in [3.8, 4) is 11.5 Å². The molecule has 0 bridgehead atoms. The van der Waals surface area contributed by atoms with Crippen molar-refractivity contribution in [2.75, 3.05) is 13.1 Å². The van der Waals surface area contributed by atoms with Gasteiger partial charge < -0.3 is 49.7 Å². The summed E-state index contributed by atoms with van der Waals surface area (Å²) in [6.07, 6.45) is 2.73. The smallest absolute Gasteiger partial charge is 0.872 e. The number of nitrogens with zero attached hydrogens (tertiary/aromatic N) is 4. The Labute approximate surface area is 260 Å². The van der Waals surface area contributed by atoms with E-state index >= 15 is 0 Å². The zero-order chi connectivity index (χ0) is 30.0. The molecule has 2 aromatic heterocycles. The fourth-order valence-electron chi connectivity index (χ4n) is 3.44. The summed E-state index contributed by atoms with van der Waals surface area (Å²) < 4.78 is 10.4. The van der Waals surface area contributed by atoms with Crippen LogP contribution in [0.4, 0.5) is 0 Å². The van der Waals surface area contributed by atoms with Crippen LogP contribution in [0.2, 0.25) is 0 Å². The van der Waals surface area contributed by atoms with Crippen molar-refractivity contribution in [1.29, 1.82) is 0 Å². The second kappa shape index (κ2) is 15.9. The van der Waals surface area contributed by atoms with E-state index in [-0.39, 0.29) is 86.8 Å². The van der Waals surface area contributed by atoms with Gasteiger partial charge in [-0.3, -0.25) is 9.98 Å². The van der Waals surface area contributed by atoms with Gasteiger partial charge in [-0.05, 0) is 25.0 Å². The quantitative estimate of drug-likeness (QED) is 0.0921. The summed E-state index contributed by atoms with van der Waals surface area (Å²) in [5, 5.41) is 55.3. The van der Waals surface area contributed by atoms with Gasteiger partial charge >= 0.3 is 51.2 Å². The fourth-order valence-corrected chi connectivity index (χ4v) is 3.44. The number of hydrogen-bond acceptors (Lipinski definition) is 14. The Morgan fingerprint density at radius 1 is 0.707 bits per heavy atom. The van der Waals surface area contributed by atoms with Gasteiger partial charge in [-0.1, -0.05) is 35.8 Å². The van der Waals surface area contributed by atoms with Crippen LogP contribution in [0.25, 0.3) is 21.9 Å². The minimum atomic E-state index is -1.75. The van der Waals surface area contributed by atoms with Crippen LogP contribution in [0.3, 0.4) is 0 Å². The minimum Gasteiger partial charge on any atom is -0.872 e. The zero-order valence-corrected chi connectivity index (χ0v) is 25.3. The Morgan fingerprint density at radius 2 is 1.02 bits per heavy atom. The Bertz CT molecular complexity index is 1600. The first-order valence-corrected chi connectivity index (χ1v) is 10.9. The van der Waals surface area contributed by atoms with Crippen LogP contribution in [-0.4, -0.2) is 35.7 Å². The fraction of sp³-hybridized carbons (Fsp3) is 0.167. The van der Waals surface area contributed by atoms with Gasteiger partial charge in [0, 0.05) is 46.5 Å². The number of fused-ring (bicyclic) bond motifs is 2. The maximum Gasteiger partial charge on any atom is 4.00 e. The predicted octanol–water partition coefficient (Wildman–Crippen LogP) is 1.72. The molecular formula is C24H18N4O12Th. The van der Waals surface area contributed by atoms with Crippen molar-refractivity contribution in [2.45, 2.75) is 13.8 Å². The molecule has 0 radical (unpaired) electrons. The predicted molar refractivity (Wildman–Crippen MR) is 139 cm³/mol. The molecule has 4 rings (SSSR count). The number of aliphatic imine (C=N–C) groups is 2. The van der Waals surface area contributed by atoms with Gasteiger partial charge in [0.05, 0.1) is 23.3 Å². The molecule has 4 aromatic rings. The van der Waals surface area contributed by atoms with Gasteiger partial charge in [-0.15, -0.1) is 0 Å². The number of aryl methyl sites for hydroxylation is 2. The van der Waals surface area contributed by atoms with Crippen LogP contribution in [0.5, 0.6) is 11.5 Å². The summed E-state index contributed by atoms with van der Waals surface area (Å²) >= 11 is 0. The molecule has 0 aliphatic carbocycles. The van der Waals surface area contributed by atoms with Crippen LogP contribution in [-0.2, 0) is 0 Å². The van der Waals surface area contributed by atoms with E-state index in [1.165, 1.54) is 36.7 Å². The van der Waals surface area contributed by atoms with Gasteiger partial charge in [0.25, 0.3) is 0 Å². The summed E-state index contributed by atoms with van der Waals surface area (Å²) in [6, 6.07) is 8.76. The molecule has 0 amide bonds. The number of hydrogen-bond donors (Lipinski definition) is 0. The monoisotopic (exact) mass is 786 g/mol. The van der Waals surface area contributed by atoms with E-state index in [2.05, 4.69) is 9.98 Å². The van der Waals surface area contributed by atoms with Crippen molar-refractivity contribution < 1.29 is 69.2 Å². The van der Waals surface area contributed by atoms with Crippen LogP contribution >= 0.6 is 0 Å². The average molecular weight is 786 g/mol. The maximum atomic E-state index is 12.2. The molecule has 0 saturated carbocycles. The first-order chi connectivity index (χ1) is 18.8. The summed E-state index contributed by atoms with van der Waals surface area (Å²) in [5.74, 6) is -0.619. The SMILES string of the molecule is Cc1cc(=O)oc2c(C=NCCN=Cc3c([O-])ccc4c(C)cc(=O)oc34)c([O-])ccc12.O=[N+]([O-])[O-].O=[N+]([O-])[O-].[Th+4]. The van der Waals surface area contributed by atoms with E-state index in [0.717, 1.165) is 0 Å². The number of rotatable bonds is 5. The molecule has 0 unspecified atom stereocenters. The maximum absolute atomic E-state index is 12.2. The average Bonchev–Trinajstić information content (AvgIpc) is 2.82. The molecule has 0 N–H and O–H groups in total. The third-order valence-electron chi connectivity index (χ3n) is 5.03. The van der Waals surface area contributed by atoms with Crippen molar-refractivity contribution in [1.82, 2.24) is 0 Å². The Hall–Kier alpha value is -4.48. The Balaban J connectivity index is 0.000000830.